The first-order chi connectivity index (χ1) is 8.65. The fraction of sp³-hybridized carbons (Fsp3) is 0.462. The molecule has 0 bridgehead atoms. The van der Waals surface area contributed by atoms with Crippen molar-refractivity contribution in [3.63, 3.8) is 0 Å². The van der Waals surface area contributed by atoms with E-state index < -0.39 is 17.5 Å². The molecule has 0 saturated carbocycles. The molecule has 0 aromatic heterocycles. The van der Waals surface area contributed by atoms with E-state index in [1.165, 1.54) is 0 Å². The summed E-state index contributed by atoms with van der Waals surface area (Å²) in [4.78, 5) is 11.6. The fourth-order valence-electron chi connectivity index (χ4n) is 1.54. The van der Waals surface area contributed by atoms with Crippen LogP contribution in [0.3, 0.4) is 0 Å². The van der Waals surface area contributed by atoms with Gasteiger partial charge in [-0.05, 0) is 31.0 Å². The average molecular weight is 320 g/mol. The molecule has 1 N–H and O–H groups in total. The van der Waals surface area contributed by atoms with Gasteiger partial charge in [-0.25, -0.2) is 8.78 Å². The van der Waals surface area contributed by atoms with Crippen molar-refractivity contribution < 1.29 is 13.6 Å². The van der Waals surface area contributed by atoms with Crippen molar-refractivity contribution in [1.29, 1.82) is 0 Å². The largest absolute Gasteiger partial charge is 0.352 e. The Balaban J connectivity index is 2.34. The van der Waals surface area contributed by atoms with Gasteiger partial charge in [-0.1, -0.05) is 28.8 Å². The molecule has 1 rings (SSSR count). The van der Waals surface area contributed by atoms with E-state index in [-0.39, 0.29) is 5.56 Å². The van der Waals surface area contributed by atoms with E-state index in [1.54, 1.807) is 0 Å². The van der Waals surface area contributed by atoms with Gasteiger partial charge in [-0.3, -0.25) is 4.79 Å². The van der Waals surface area contributed by atoms with E-state index >= 15 is 0 Å². The van der Waals surface area contributed by atoms with Gasteiger partial charge >= 0.3 is 0 Å². The molecule has 0 unspecified atom stereocenters. The molecule has 1 aromatic carbocycles. The molecule has 0 radical (unpaired) electrons. The van der Waals surface area contributed by atoms with Crippen molar-refractivity contribution in [2.75, 3.05) is 11.9 Å². The van der Waals surface area contributed by atoms with Crippen LogP contribution in [0.1, 0.15) is 36.0 Å². The zero-order chi connectivity index (χ0) is 13.4. The van der Waals surface area contributed by atoms with Crippen LogP contribution >= 0.6 is 15.9 Å². The third-order valence-electron chi connectivity index (χ3n) is 2.52. The van der Waals surface area contributed by atoms with Gasteiger partial charge < -0.3 is 5.32 Å². The fourth-order valence-corrected chi connectivity index (χ4v) is 1.94. The quantitative estimate of drug-likeness (QED) is 0.603. The third-order valence-corrected chi connectivity index (χ3v) is 3.08. The molecule has 1 aromatic rings. The number of hydrogen-bond donors (Lipinski definition) is 1. The number of amides is 1. The Morgan fingerprint density at radius 2 is 1.89 bits per heavy atom. The predicted molar refractivity (Wildman–Crippen MR) is 71.0 cm³/mol. The summed E-state index contributed by atoms with van der Waals surface area (Å²) in [5.41, 5.74) is -0.240. The molecule has 100 valence electrons. The van der Waals surface area contributed by atoms with E-state index in [9.17, 15) is 13.6 Å². The number of alkyl halides is 1. The lowest BCUT2D eigenvalue weighted by Gasteiger charge is -2.06. The van der Waals surface area contributed by atoms with Crippen LogP contribution in [-0.4, -0.2) is 17.8 Å². The summed E-state index contributed by atoms with van der Waals surface area (Å²) < 4.78 is 26.1. The minimum Gasteiger partial charge on any atom is -0.352 e. The molecular formula is C13H16BrF2NO. The van der Waals surface area contributed by atoms with Crippen molar-refractivity contribution in [2.45, 2.75) is 25.7 Å². The molecule has 0 aliphatic rings. The normalized spacial score (nSPS) is 10.4. The highest BCUT2D eigenvalue weighted by Crippen LogP contribution is 2.09. The van der Waals surface area contributed by atoms with Crippen LogP contribution in [0.2, 0.25) is 0 Å². The van der Waals surface area contributed by atoms with Crippen molar-refractivity contribution in [3.05, 3.63) is 35.4 Å². The molecule has 18 heavy (non-hydrogen) atoms. The lowest BCUT2D eigenvalue weighted by atomic mass is 10.1. The topological polar surface area (TPSA) is 29.1 Å². The molecule has 0 spiro atoms. The maximum Gasteiger partial charge on any atom is 0.254 e. The lowest BCUT2D eigenvalue weighted by Crippen LogP contribution is -2.25. The Labute approximate surface area is 114 Å². The van der Waals surface area contributed by atoms with E-state index in [4.69, 9.17) is 0 Å². The number of carbonyl (C=O) groups is 1. The van der Waals surface area contributed by atoms with Crippen molar-refractivity contribution in [1.82, 2.24) is 5.32 Å². The highest BCUT2D eigenvalue weighted by Gasteiger charge is 2.11. The Morgan fingerprint density at radius 1 is 1.17 bits per heavy atom. The first kappa shape index (κ1) is 15.1. The summed E-state index contributed by atoms with van der Waals surface area (Å²) in [5.74, 6) is -1.88. The summed E-state index contributed by atoms with van der Waals surface area (Å²) in [6, 6.07) is 2.86. The second kappa shape index (κ2) is 8.19. The van der Waals surface area contributed by atoms with E-state index in [0.717, 1.165) is 49.2 Å². The molecule has 0 atom stereocenters. The van der Waals surface area contributed by atoms with Gasteiger partial charge in [0.05, 0.1) is 5.56 Å². The van der Waals surface area contributed by atoms with Crippen LogP contribution in [0.4, 0.5) is 8.78 Å². The molecule has 2 nitrogen and oxygen atoms in total. The second-order valence-corrected chi connectivity index (χ2v) is 4.78. The number of unbranched alkanes of at least 4 members (excludes halogenated alkanes) is 3. The molecule has 5 heteroatoms. The predicted octanol–water partition coefficient (Wildman–Crippen LogP) is 3.65. The minimum atomic E-state index is -0.701. The van der Waals surface area contributed by atoms with Crippen LogP contribution in [0.15, 0.2) is 18.2 Å². The monoisotopic (exact) mass is 319 g/mol. The third kappa shape index (κ3) is 5.12. The minimum absolute atomic E-state index is 0.240. The Bertz CT molecular complexity index is 399. The number of rotatable bonds is 7. The Morgan fingerprint density at radius 3 is 2.61 bits per heavy atom. The standard InChI is InChI=1S/C13H16BrF2NO/c14-7-3-1-2-4-8-17-13(18)11-9-10(15)5-6-12(11)16/h5-6,9H,1-4,7-8H2,(H,17,18). The highest BCUT2D eigenvalue weighted by atomic mass is 79.9. The number of halogens is 3. The van der Waals surface area contributed by atoms with Gasteiger partial charge in [0, 0.05) is 11.9 Å². The van der Waals surface area contributed by atoms with Gasteiger partial charge in [0.2, 0.25) is 0 Å². The van der Waals surface area contributed by atoms with Gasteiger partial charge in [0.25, 0.3) is 5.91 Å². The molecule has 0 saturated heterocycles. The summed E-state index contributed by atoms with van der Waals surface area (Å²) in [7, 11) is 0. The zero-order valence-corrected chi connectivity index (χ0v) is 11.6. The maximum atomic E-state index is 13.3. The Kier molecular flexibility index (Phi) is 6.86. The Hall–Kier alpha value is -0.970. The molecule has 1 amide bonds. The lowest BCUT2D eigenvalue weighted by molar-refractivity contribution is 0.0948. The molecular weight excluding hydrogens is 304 g/mol. The number of benzene rings is 1. The van der Waals surface area contributed by atoms with Gasteiger partial charge in [0.1, 0.15) is 11.6 Å². The van der Waals surface area contributed by atoms with E-state index in [0.29, 0.717) is 6.54 Å². The van der Waals surface area contributed by atoms with E-state index in [2.05, 4.69) is 21.2 Å². The van der Waals surface area contributed by atoms with Crippen molar-refractivity contribution >= 4 is 21.8 Å². The molecule has 0 fully saturated rings. The molecule has 0 aliphatic heterocycles. The van der Waals surface area contributed by atoms with E-state index in [1.807, 2.05) is 0 Å². The average Bonchev–Trinajstić information content (AvgIpc) is 2.36. The zero-order valence-electron chi connectivity index (χ0n) is 10.0. The smallest absolute Gasteiger partial charge is 0.254 e. The summed E-state index contributed by atoms with van der Waals surface area (Å²) in [5, 5.41) is 3.57. The summed E-state index contributed by atoms with van der Waals surface area (Å²) in [6.45, 7) is 0.483. The first-order valence-electron chi connectivity index (χ1n) is 5.94. The van der Waals surface area contributed by atoms with Crippen LogP contribution in [0.5, 0.6) is 0 Å². The second-order valence-electron chi connectivity index (χ2n) is 3.98. The summed E-state index contributed by atoms with van der Waals surface area (Å²) in [6.07, 6.45) is 4.05. The van der Waals surface area contributed by atoms with Gasteiger partial charge in [0.15, 0.2) is 0 Å². The maximum absolute atomic E-state index is 13.3. The number of hydrogen-bond acceptors (Lipinski definition) is 1. The molecule has 0 aliphatic carbocycles. The van der Waals surface area contributed by atoms with Crippen molar-refractivity contribution in [3.8, 4) is 0 Å². The van der Waals surface area contributed by atoms with Gasteiger partial charge in [-0.15, -0.1) is 0 Å². The van der Waals surface area contributed by atoms with Crippen LogP contribution in [0.25, 0.3) is 0 Å². The number of carbonyl (C=O) groups excluding carboxylic acids is 1. The molecule has 0 heterocycles. The van der Waals surface area contributed by atoms with Gasteiger partial charge in [-0.2, -0.15) is 0 Å². The summed E-state index contributed by atoms with van der Waals surface area (Å²) >= 11 is 3.34. The van der Waals surface area contributed by atoms with Crippen LogP contribution < -0.4 is 5.32 Å². The SMILES string of the molecule is O=C(NCCCCCCBr)c1cc(F)ccc1F. The van der Waals surface area contributed by atoms with Crippen molar-refractivity contribution in [2.24, 2.45) is 0 Å². The van der Waals surface area contributed by atoms with Crippen LogP contribution in [0, 0.1) is 11.6 Å². The highest BCUT2D eigenvalue weighted by molar-refractivity contribution is 9.09. The number of nitrogens with one attached hydrogen (secondary N) is 1. The first-order valence-corrected chi connectivity index (χ1v) is 7.06. The van der Waals surface area contributed by atoms with Crippen LogP contribution in [-0.2, 0) is 0 Å².